The summed E-state index contributed by atoms with van der Waals surface area (Å²) in [5, 5.41) is 0. The van der Waals surface area contributed by atoms with Gasteiger partial charge in [0.15, 0.2) is 0 Å². The van der Waals surface area contributed by atoms with E-state index in [0.717, 1.165) is 13.1 Å². The summed E-state index contributed by atoms with van der Waals surface area (Å²) in [6.45, 7) is 0.446. The first kappa shape index (κ1) is 14.6. The van der Waals surface area contributed by atoms with Crippen LogP contribution in [0.15, 0.2) is 40.3 Å². The molecule has 1 aromatic rings. The van der Waals surface area contributed by atoms with Gasteiger partial charge < -0.3 is 4.74 Å². The highest BCUT2D eigenvalue weighted by molar-refractivity contribution is 7.82. The Hall–Kier alpha value is -1.31. The molecule has 0 saturated heterocycles. The Morgan fingerprint density at radius 2 is 1.67 bits per heavy atom. The van der Waals surface area contributed by atoms with Crippen LogP contribution in [-0.4, -0.2) is 53.3 Å². The molecule has 1 unspecified atom stereocenters. The second-order valence-electron chi connectivity index (χ2n) is 5.28. The lowest BCUT2D eigenvalue weighted by molar-refractivity contribution is -0.0498. The van der Waals surface area contributed by atoms with E-state index in [1.807, 2.05) is 4.31 Å². The first-order valence-corrected chi connectivity index (χ1v) is 7.73. The molecule has 2 aliphatic rings. The molecule has 0 bridgehead atoms. The van der Waals surface area contributed by atoms with E-state index < -0.39 is 17.6 Å². The van der Waals surface area contributed by atoms with E-state index >= 15 is 0 Å². The van der Waals surface area contributed by atoms with Crippen LogP contribution in [0.5, 0.6) is 5.75 Å². The molecule has 0 spiro atoms. The van der Waals surface area contributed by atoms with Crippen LogP contribution >= 0.6 is 0 Å². The SMILES string of the molecule is CN1CC2=C(C1)CN(S(=O)c1ccc(OC(F)F)cc1)C2. The highest BCUT2D eigenvalue weighted by Crippen LogP contribution is 2.28. The third-order valence-electron chi connectivity index (χ3n) is 3.64. The molecular formula is C14H16F2N2O2S. The number of alkyl halides is 2. The zero-order valence-electron chi connectivity index (χ0n) is 11.6. The molecule has 0 amide bonds. The Bertz CT molecular complexity index is 571. The molecule has 1 aromatic carbocycles. The topological polar surface area (TPSA) is 32.8 Å². The molecule has 4 nitrogen and oxygen atoms in total. The van der Waals surface area contributed by atoms with Crippen molar-refractivity contribution >= 4 is 11.0 Å². The van der Waals surface area contributed by atoms with E-state index in [1.54, 1.807) is 12.1 Å². The third kappa shape index (κ3) is 3.14. The van der Waals surface area contributed by atoms with Crippen LogP contribution < -0.4 is 4.74 Å². The summed E-state index contributed by atoms with van der Waals surface area (Å²) in [5.41, 5.74) is 2.70. The van der Waals surface area contributed by atoms with Crippen LogP contribution in [0.2, 0.25) is 0 Å². The Labute approximate surface area is 124 Å². The quantitative estimate of drug-likeness (QED) is 0.796. The standard InChI is InChI=1S/C14H16F2N2O2S/c1-17-6-10-8-18(9-11(10)7-17)21(19)13-4-2-12(3-5-13)20-14(15)16/h2-5,14H,6-9H2,1H3. The zero-order valence-corrected chi connectivity index (χ0v) is 12.4. The van der Waals surface area contributed by atoms with Gasteiger partial charge in [-0.25, -0.2) is 8.51 Å². The molecule has 21 heavy (non-hydrogen) atoms. The second kappa shape index (κ2) is 5.82. The molecule has 2 aliphatic heterocycles. The smallest absolute Gasteiger partial charge is 0.387 e. The maximum absolute atomic E-state index is 12.5. The van der Waals surface area contributed by atoms with Crippen LogP contribution in [0.3, 0.4) is 0 Å². The number of hydrogen-bond donors (Lipinski definition) is 0. The number of nitrogens with zero attached hydrogens (tertiary/aromatic N) is 2. The molecule has 0 fully saturated rings. The van der Waals surface area contributed by atoms with Crippen LogP contribution in [-0.2, 0) is 11.0 Å². The second-order valence-corrected chi connectivity index (χ2v) is 6.76. The van der Waals surface area contributed by atoms with Gasteiger partial charge in [-0.05, 0) is 42.5 Å². The van der Waals surface area contributed by atoms with Gasteiger partial charge in [0.2, 0.25) is 0 Å². The summed E-state index contributed by atoms with van der Waals surface area (Å²) in [6.07, 6.45) is 0. The fourth-order valence-electron chi connectivity index (χ4n) is 2.74. The minimum Gasteiger partial charge on any atom is -0.435 e. The number of ether oxygens (including phenoxy) is 1. The highest BCUT2D eigenvalue weighted by atomic mass is 32.2. The van der Waals surface area contributed by atoms with Crippen LogP contribution in [0.4, 0.5) is 8.78 Å². The minimum absolute atomic E-state index is 0.0782. The molecule has 2 heterocycles. The van der Waals surface area contributed by atoms with E-state index in [1.165, 1.54) is 23.3 Å². The Balaban J connectivity index is 1.64. The lowest BCUT2D eigenvalue weighted by atomic mass is 10.2. The Morgan fingerprint density at radius 3 is 2.19 bits per heavy atom. The van der Waals surface area contributed by atoms with Gasteiger partial charge in [0, 0.05) is 26.2 Å². The average Bonchev–Trinajstić information content (AvgIpc) is 2.95. The number of likely N-dealkylation sites (N-methyl/N-ethyl adjacent to an activating group) is 1. The lowest BCUT2D eigenvalue weighted by Gasteiger charge is -2.19. The largest absolute Gasteiger partial charge is 0.435 e. The minimum atomic E-state index is -2.84. The van der Waals surface area contributed by atoms with Gasteiger partial charge in [-0.3, -0.25) is 4.90 Å². The van der Waals surface area contributed by atoms with Crippen molar-refractivity contribution < 1.29 is 17.7 Å². The first-order chi connectivity index (χ1) is 10.0. The van der Waals surface area contributed by atoms with Crippen molar-refractivity contribution in [3.05, 3.63) is 35.4 Å². The van der Waals surface area contributed by atoms with Gasteiger partial charge in [0.05, 0.1) is 4.90 Å². The van der Waals surface area contributed by atoms with Crippen molar-refractivity contribution in [2.45, 2.75) is 11.5 Å². The molecule has 3 rings (SSSR count). The maximum atomic E-state index is 12.5. The Morgan fingerprint density at radius 1 is 1.10 bits per heavy atom. The normalized spacial score (nSPS) is 21.1. The third-order valence-corrected chi connectivity index (χ3v) is 5.04. The van der Waals surface area contributed by atoms with Gasteiger partial charge in [-0.15, -0.1) is 0 Å². The fraction of sp³-hybridized carbons (Fsp3) is 0.429. The van der Waals surface area contributed by atoms with Crippen LogP contribution in [0.1, 0.15) is 0 Å². The van der Waals surface area contributed by atoms with Gasteiger partial charge >= 0.3 is 6.61 Å². The molecule has 114 valence electrons. The lowest BCUT2D eigenvalue weighted by Crippen LogP contribution is -2.29. The first-order valence-electron chi connectivity index (χ1n) is 6.63. The molecule has 0 radical (unpaired) electrons. The molecular weight excluding hydrogens is 298 g/mol. The van der Waals surface area contributed by atoms with E-state index in [-0.39, 0.29) is 5.75 Å². The predicted molar refractivity (Wildman–Crippen MR) is 75.6 cm³/mol. The van der Waals surface area contributed by atoms with Crippen molar-refractivity contribution in [3.63, 3.8) is 0 Å². The summed E-state index contributed by atoms with van der Waals surface area (Å²) in [4.78, 5) is 2.84. The van der Waals surface area contributed by atoms with Gasteiger partial charge in [-0.2, -0.15) is 8.78 Å². The van der Waals surface area contributed by atoms with Crippen molar-refractivity contribution in [2.75, 3.05) is 33.2 Å². The average molecular weight is 314 g/mol. The van der Waals surface area contributed by atoms with E-state index in [2.05, 4.69) is 16.7 Å². The summed E-state index contributed by atoms with van der Waals surface area (Å²) in [6, 6.07) is 5.99. The Kier molecular flexibility index (Phi) is 4.05. The van der Waals surface area contributed by atoms with E-state index in [4.69, 9.17) is 0 Å². The van der Waals surface area contributed by atoms with Gasteiger partial charge in [-0.1, -0.05) is 0 Å². The van der Waals surface area contributed by atoms with Gasteiger partial charge in [0.1, 0.15) is 16.7 Å². The number of hydrogen-bond acceptors (Lipinski definition) is 3. The van der Waals surface area contributed by atoms with Crippen LogP contribution in [0, 0.1) is 0 Å². The predicted octanol–water partition coefficient (Wildman–Crippen LogP) is 1.87. The summed E-state index contributed by atoms with van der Waals surface area (Å²) in [5.74, 6) is 0.0782. The molecule has 7 heteroatoms. The van der Waals surface area contributed by atoms with Crippen molar-refractivity contribution in [3.8, 4) is 5.75 Å². The highest BCUT2D eigenvalue weighted by Gasteiger charge is 2.31. The number of benzene rings is 1. The van der Waals surface area contributed by atoms with Crippen molar-refractivity contribution in [1.29, 1.82) is 0 Å². The number of halogens is 2. The molecule has 0 N–H and O–H groups in total. The number of rotatable bonds is 4. The molecule has 1 atom stereocenters. The molecule has 0 aromatic heterocycles. The zero-order chi connectivity index (χ0) is 15.0. The summed E-state index contributed by atoms with van der Waals surface area (Å²) in [7, 11) is 0.801. The molecule has 0 aliphatic carbocycles. The van der Waals surface area contributed by atoms with Crippen molar-refractivity contribution in [1.82, 2.24) is 9.21 Å². The van der Waals surface area contributed by atoms with E-state index in [9.17, 15) is 13.0 Å². The summed E-state index contributed by atoms with van der Waals surface area (Å²) < 4.78 is 42.9. The molecule has 0 saturated carbocycles. The van der Waals surface area contributed by atoms with Crippen molar-refractivity contribution in [2.24, 2.45) is 0 Å². The monoisotopic (exact) mass is 314 g/mol. The van der Waals surface area contributed by atoms with E-state index in [0.29, 0.717) is 18.0 Å². The fourth-order valence-corrected chi connectivity index (χ4v) is 3.95. The maximum Gasteiger partial charge on any atom is 0.387 e. The van der Waals surface area contributed by atoms with Gasteiger partial charge in [0.25, 0.3) is 0 Å². The summed E-state index contributed by atoms with van der Waals surface area (Å²) >= 11 is 0. The van der Waals surface area contributed by atoms with Crippen LogP contribution in [0.25, 0.3) is 0 Å².